The lowest BCUT2D eigenvalue weighted by Gasteiger charge is -2.22. The molecule has 0 unspecified atom stereocenters. The van der Waals surface area contributed by atoms with E-state index < -0.39 is 11.5 Å². The quantitative estimate of drug-likeness (QED) is 0.660. The molecule has 27 heavy (non-hydrogen) atoms. The van der Waals surface area contributed by atoms with Crippen LogP contribution in [-0.4, -0.2) is 29.1 Å². The Morgan fingerprint density at radius 1 is 1.19 bits per heavy atom. The maximum Gasteiger partial charge on any atom is 0.259 e. The molecule has 0 heterocycles. The molecule has 2 rings (SSSR count). The molecule has 140 valence electrons. The highest BCUT2D eigenvalue weighted by Gasteiger charge is 2.31. The van der Waals surface area contributed by atoms with Crippen LogP contribution in [0.25, 0.3) is 4.85 Å². The summed E-state index contributed by atoms with van der Waals surface area (Å²) in [6.07, 6.45) is 0. The van der Waals surface area contributed by atoms with E-state index in [1.807, 2.05) is 0 Å². The summed E-state index contributed by atoms with van der Waals surface area (Å²) in [4.78, 5) is 26.5. The van der Waals surface area contributed by atoms with Gasteiger partial charge in [0.15, 0.2) is 5.60 Å². The van der Waals surface area contributed by atoms with Crippen molar-refractivity contribution in [3.05, 3.63) is 58.9 Å². The highest BCUT2D eigenvalue weighted by Crippen LogP contribution is 2.28. The van der Waals surface area contributed by atoms with Crippen molar-refractivity contribution in [2.24, 2.45) is 0 Å². The summed E-state index contributed by atoms with van der Waals surface area (Å²) in [5, 5.41) is 15.7. The number of hydrogen-bond acceptors (Lipinski definition) is 4. The Kier molecular flexibility index (Phi) is 6.40. The number of carbonyl (C=O) groups is 2. The topological polar surface area (TPSA) is 92.0 Å². The number of amides is 2. The molecule has 8 heteroatoms. The Labute approximate surface area is 161 Å². The first-order valence-corrected chi connectivity index (χ1v) is 8.30. The van der Waals surface area contributed by atoms with Gasteiger partial charge in [0.05, 0.1) is 6.57 Å². The fraction of sp³-hybridized carbons (Fsp3) is 0.211. The lowest BCUT2D eigenvalue weighted by molar-refractivity contribution is -0.135. The van der Waals surface area contributed by atoms with Crippen molar-refractivity contribution >= 4 is 40.5 Å². The monoisotopic (exact) mass is 387 g/mol. The molecular formula is C19H18ClN3O4. The second-order valence-electron chi connectivity index (χ2n) is 6.00. The number of nitrogens with one attached hydrogen (secondary N) is 2. The minimum atomic E-state index is -1.80. The first-order valence-electron chi connectivity index (χ1n) is 7.92. The fourth-order valence-corrected chi connectivity index (χ4v) is 2.29. The van der Waals surface area contributed by atoms with E-state index in [9.17, 15) is 14.7 Å². The van der Waals surface area contributed by atoms with Crippen LogP contribution in [-0.2, 0) is 9.59 Å². The van der Waals surface area contributed by atoms with E-state index in [4.69, 9.17) is 22.9 Å². The summed E-state index contributed by atoms with van der Waals surface area (Å²) in [5.41, 5.74) is -0.565. The van der Waals surface area contributed by atoms with E-state index in [0.717, 1.165) is 0 Å². The Balaban J connectivity index is 1.96. The molecule has 2 aromatic carbocycles. The van der Waals surface area contributed by atoms with E-state index >= 15 is 0 Å². The van der Waals surface area contributed by atoms with Crippen LogP contribution in [0.15, 0.2) is 42.5 Å². The predicted molar refractivity (Wildman–Crippen MR) is 103 cm³/mol. The third-order valence-electron chi connectivity index (χ3n) is 3.51. The van der Waals surface area contributed by atoms with Gasteiger partial charge in [0, 0.05) is 23.3 Å². The number of aliphatic hydroxyl groups is 1. The van der Waals surface area contributed by atoms with Gasteiger partial charge in [-0.05, 0) is 43.3 Å². The zero-order valence-electron chi connectivity index (χ0n) is 14.7. The molecule has 0 radical (unpaired) electrons. The van der Waals surface area contributed by atoms with Crippen molar-refractivity contribution in [3.8, 4) is 5.75 Å². The average Bonchev–Trinajstić information content (AvgIpc) is 2.61. The molecule has 0 aliphatic rings. The second-order valence-corrected chi connectivity index (χ2v) is 6.41. The van der Waals surface area contributed by atoms with Crippen LogP contribution in [0.4, 0.5) is 17.1 Å². The van der Waals surface area contributed by atoms with Crippen LogP contribution in [0.1, 0.15) is 13.8 Å². The van der Waals surface area contributed by atoms with Crippen molar-refractivity contribution in [1.82, 2.24) is 0 Å². The van der Waals surface area contributed by atoms with Gasteiger partial charge >= 0.3 is 0 Å². The van der Waals surface area contributed by atoms with Gasteiger partial charge in [0.2, 0.25) is 11.6 Å². The number of benzene rings is 2. The lowest BCUT2D eigenvalue weighted by atomic mass is 10.1. The minimum Gasteiger partial charge on any atom is -0.490 e. The summed E-state index contributed by atoms with van der Waals surface area (Å²) in [6, 6.07) is 11.0. The molecule has 7 nitrogen and oxygen atoms in total. The summed E-state index contributed by atoms with van der Waals surface area (Å²) in [5.74, 6) is -0.432. The van der Waals surface area contributed by atoms with Crippen molar-refractivity contribution < 1.29 is 19.4 Å². The SMILES string of the molecule is [C-]#[N+]c1ccc(NC(=O)[C@@](C)(O)COc2ccc(NC(C)=O)cc2)cc1Cl. The number of anilines is 2. The second kappa shape index (κ2) is 8.54. The van der Waals surface area contributed by atoms with Gasteiger partial charge in [-0.25, -0.2) is 4.85 Å². The Hall–Kier alpha value is -3.08. The number of ether oxygens (including phenoxy) is 1. The molecule has 0 aromatic heterocycles. The number of nitrogens with zero attached hydrogens (tertiary/aromatic N) is 1. The summed E-state index contributed by atoms with van der Waals surface area (Å²) in [6.45, 7) is 9.40. The van der Waals surface area contributed by atoms with Crippen LogP contribution in [0.5, 0.6) is 5.75 Å². The van der Waals surface area contributed by atoms with Crippen LogP contribution < -0.4 is 15.4 Å². The molecule has 0 saturated carbocycles. The normalized spacial score (nSPS) is 12.4. The number of rotatable bonds is 6. The highest BCUT2D eigenvalue weighted by molar-refractivity contribution is 6.33. The Morgan fingerprint density at radius 3 is 2.37 bits per heavy atom. The summed E-state index contributed by atoms with van der Waals surface area (Å²) >= 11 is 5.93. The van der Waals surface area contributed by atoms with Gasteiger partial charge in [0.25, 0.3) is 5.91 Å². The van der Waals surface area contributed by atoms with Gasteiger partial charge in [-0.3, -0.25) is 9.59 Å². The summed E-state index contributed by atoms with van der Waals surface area (Å²) in [7, 11) is 0. The van der Waals surface area contributed by atoms with Crippen LogP contribution in [0.2, 0.25) is 5.02 Å². The van der Waals surface area contributed by atoms with Crippen LogP contribution >= 0.6 is 11.6 Å². The van der Waals surface area contributed by atoms with Gasteiger partial charge in [-0.15, -0.1) is 0 Å². The van der Waals surface area contributed by atoms with E-state index in [1.54, 1.807) is 24.3 Å². The van der Waals surface area contributed by atoms with E-state index in [1.165, 1.54) is 32.0 Å². The lowest BCUT2D eigenvalue weighted by Crippen LogP contribution is -2.45. The van der Waals surface area contributed by atoms with Gasteiger partial charge in [-0.1, -0.05) is 17.7 Å². The number of hydrogen-bond donors (Lipinski definition) is 3. The van der Waals surface area contributed by atoms with Gasteiger partial charge in [-0.2, -0.15) is 0 Å². The average molecular weight is 388 g/mol. The van der Waals surface area contributed by atoms with E-state index in [0.29, 0.717) is 17.1 Å². The minimum absolute atomic E-state index is 0.187. The van der Waals surface area contributed by atoms with E-state index in [-0.39, 0.29) is 23.2 Å². The molecule has 2 amide bonds. The van der Waals surface area contributed by atoms with Gasteiger partial charge in [0.1, 0.15) is 12.4 Å². The largest absolute Gasteiger partial charge is 0.490 e. The van der Waals surface area contributed by atoms with E-state index in [2.05, 4.69) is 15.5 Å². The zero-order valence-corrected chi connectivity index (χ0v) is 15.5. The van der Waals surface area contributed by atoms with Crippen molar-refractivity contribution in [1.29, 1.82) is 0 Å². The first kappa shape index (κ1) is 20.2. The molecule has 3 N–H and O–H groups in total. The smallest absolute Gasteiger partial charge is 0.259 e. The molecule has 1 atom stereocenters. The third kappa shape index (κ3) is 5.71. The molecule has 2 aromatic rings. The number of halogens is 1. The summed E-state index contributed by atoms with van der Waals surface area (Å²) < 4.78 is 5.46. The molecule has 0 aliphatic carbocycles. The Morgan fingerprint density at radius 2 is 1.81 bits per heavy atom. The maximum absolute atomic E-state index is 12.3. The third-order valence-corrected chi connectivity index (χ3v) is 3.81. The molecule has 0 saturated heterocycles. The molecule has 0 bridgehead atoms. The zero-order chi connectivity index (χ0) is 20.0. The highest BCUT2D eigenvalue weighted by atomic mass is 35.5. The molecule has 0 spiro atoms. The van der Waals surface area contributed by atoms with Crippen molar-refractivity contribution in [3.63, 3.8) is 0 Å². The number of carbonyl (C=O) groups excluding carboxylic acids is 2. The van der Waals surface area contributed by atoms with Gasteiger partial charge < -0.3 is 20.5 Å². The Bertz CT molecular complexity index is 889. The molecule has 0 aliphatic heterocycles. The fourth-order valence-electron chi connectivity index (χ4n) is 2.07. The van der Waals surface area contributed by atoms with Crippen LogP contribution in [0.3, 0.4) is 0 Å². The predicted octanol–water partition coefficient (Wildman–Crippen LogP) is 3.62. The first-order chi connectivity index (χ1) is 12.7. The van der Waals surface area contributed by atoms with Crippen LogP contribution in [0, 0.1) is 6.57 Å². The van der Waals surface area contributed by atoms with Crippen molar-refractivity contribution in [2.45, 2.75) is 19.4 Å². The molecule has 0 fully saturated rings. The van der Waals surface area contributed by atoms with Crippen molar-refractivity contribution in [2.75, 3.05) is 17.2 Å². The maximum atomic E-state index is 12.3. The standard InChI is InChI=1S/C19H18ClN3O4/c1-12(24)22-13-4-7-15(8-5-13)27-11-19(2,26)18(25)23-14-6-9-17(21-3)16(20)10-14/h4-10,26H,11H2,1-2H3,(H,22,24)(H,23,25)/t19-/m0/s1. The molecular weight excluding hydrogens is 370 g/mol.